The summed E-state index contributed by atoms with van der Waals surface area (Å²) in [6.07, 6.45) is -5.08. The smallest absolute Gasteiger partial charge is 0.419 e. The van der Waals surface area contributed by atoms with Crippen LogP contribution in [0.15, 0.2) is 53.1 Å². The predicted octanol–water partition coefficient (Wildman–Crippen LogP) is 4.69. The van der Waals surface area contributed by atoms with Gasteiger partial charge >= 0.3 is 6.18 Å². The van der Waals surface area contributed by atoms with Crippen molar-refractivity contribution in [1.82, 2.24) is 5.16 Å². The molecule has 5 nitrogen and oxygen atoms in total. The molecule has 1 N–H and O–H groups in total. The van der Waals surface area contributed by atoms with E-state index in [1.807, 2.05) is 0 Å². The molecule has 1 aromatic heterocycles. The highest BCUT2D eigenvalue weighted by Crippen LogP contribution is 2.33. The van der Waals surface area contributed by atoms with E-state index in [4.69, 9.17) is 9.26 Å². The summed E-state index contributed by atoms with van der Waals surface area (Å²) in [6.45, 7) is 0. The largest absolute Gasteiger partial charge is 0.497 e. The molecule has 0 radical (unpaired) electrons. The lowest BCUT2D eigenvalue weighted by atomic mass is 10.1. The van der Waals surface area contributed by atoms with Crippen molar-refractivity contribution < 1.29 is 31.6 Å². The molecule has 0 bridgehead atoms. The minimum absolute atomic E-state index is 0.169. The second kappa shape index (κ2) is 7.71. The normalized spacial score (nSPS) is 11.3. The molecule has 146 valence electrons. The Hall–Kier alpha value is -3.36. The number of nitrogens with one attached hydrogen (secondary N) is 1. The number of hydrogen-bond donors (Lipinski definition) is 1. The lowest BCUT2D eigenvalue weighted by molar-refractivity contribution is -0.140. The van der Waals surface area contributed by atoms with Crippen LogP contribution < -0.4 is 10.1 Å². The van der Waals surface area contributed by atoms with E-state index >= 15 is 0 Å². The SMILES string of the molecule is COc1ccc(-c2cc(CC(=O)Nc3ccc(F)c(C(F)(F)F)c3)no2)cc1. The zero-order valence-electron chi connectivity index (χ0n) is 14.5. The topological polar surface area (TPSA) is 64.4 Å². The first-order valence-electron chi connectivity index (χ1n) is 8.03. The summed E-state index contributed by atoms with van der Waals surface area (Å²) in [4.78, 5) is 12.1. The number of amides is 1. The molecule has 0 aliphatic heterocycles. The minimum Gasteiger partial charge on any atom is -0.497 e. The Balaban J connectivity index is 1.68. The van der Waals surface area contributed by atoms with Crippen molar-refractivity contribution in [2.75, 3.05) is 12.4 Å². The van der Waals surface area contributed by atoms with Gasteiger partial charge in [-0.2, -0.15) is 13.2 Å². The molecular formula is C19H14F4N2O3. The average molecular weight is 394 g/mol. The number of hydrogen-bond acceptors (Lipinski definition) is 4. The second-order valence-electron chi connectivity index (χ2n) is 5.83. The highest BCUT2D eigenvalue weighted by atomic mass is 19.4. The third kappa shape index (κ3) is 4.48. The molecule has 0 aliphatic carbocycles. The van der Waals surface area contributed by atoms with Gasteiger partial charge in [0.25, 0.3) is 0 Å². The third-order valence-electron chi connectivity index (χ3n) is 3.83. The van der Waals surface area contributed by atoms with Crippen molar-refractivity contribution in [3.8, 4) is 17.1 Å². The predicted molar refractivity (Wildman–Crippen MR) is 92.2 cm³/mol. The lowest BCUT2D eigenvalue weighted by Crippen LogP contribution is -2.16. The Morgan fingerprint density at radius 2 is 1.86 bits per heavy atom. The van der Waals surface area contributed by atoms with Crippen LogP contribution >= 0.6 is 0 Å². The maximum absolute atomic E-state index is 13.3. The van der Waals surface area contributed by atoms with E-state index in [0.29, 0.717) is 34.9 Å². The van der Waals surface area contributed by atoms with Gasteiger partial charge in [-0.3, -0.25) is 4.79 Å². The van der Waals surface area contributed by atoms with Gasteiger partial charge in [0, 0.05) is 17.3 Å². The number of ether oxygens (including phenoxy) is 1. The number of carbonyl (C=O) groups is 1. The Morgan fingerprint density at radius 1 is 1.14 bits per heavy atom. The summed E-state index contributed by atoms with van der Waals surface area (Å²) in [6, 6.07) is 10.8. The van der Waals surface area contributed by atoms with Crippen molar-refractivity contribution in [2.24, 2.45) is 0 Å². The zero-order valence-corrected chi connectivity index (χ0v) is 14.5. The van der Waals surface area contributed by atoms with Crippen LogP contribution in [0.1, 0.15) is 11.3 Å². The fourth-order valence-corrected chi connectivity index (χ4v) is 2.48. The van der Waals surface area contributed by atoms with Gasteiger partial charge in [-0.15, -0.1) is 0 Å². The third-order valence-corrected chi connectivity index (χ3v) is 3.83. The fourth-order valence-electron chi connectivity index (χ4n) is 2.48. The summed E-state index contributed by atoms with van der Waals surface area (Å²) in [5.41, 5.74) is -0.610. The number of anilines is 1. The van der Waals surface area contributed by atoms with Gasteiger partial charge in [-0.1, -0.05) is 5.16 Å². The van der Waals surface area contributed by atoms with E-state index in [2.05, 4.69) is 10.5 Å². The van der Waals surface area contributed by atoms with Crippen LogP contribution in [0.4, 0.5) is 23.2 Å². The van der Waals surface area contributed by atoms with E-state index < -0.39 is 23.5 Å². The molecular weight excluding hydrogens is 380 g/mol. The first-order chi connectivity index (χ1) is 13.3. The number of nitrogens with zero attached hydrogens (tertiary/aromatic N) is 1. The van der Waals surface area contributed by atoms with Crippen molar-refractivity contribution in [1.29, 1.82) is 0 Å². The fraction of sp³-hybridized carbons (Fsp3) is 0.158. The van der Waals surface area contributed by atoms with Crippen LogP contribution in [0.2, 0.25) is 0 Å². The van der Waals surface area contributed by atoms with Crippen LogP contribution in [0.5, 0.6) is 5.75 Å². The molecule has 3 aromatic rings. The number of aromatic nitrogens is 1. The molecule has 28 heavy (non-hydrogen) atoms. The monoisotopic (exact) mass is 394 g/mol. The van der Waals surface area contributed by atoms with Crippen molar-refractivity contribution in [3.05, 3.63) is 65.6 Å². The maximum Gasteiger partial charge on any atom is 0.419 e. The average Bonchev–Trinajstić information content (AvgIpc) is 3.10. The van der Waals surface area contributed by atoms with Crippen molar-refractivity contribution >= 4 is 11.6 Å². The second-order valence-corrected chi connectivity index (χ2v) is 5.83. The quantitative estimate of drug-likeness (QED) is 0.638. The summed E-state index contributed by atoms with van der Waals surface area (Å²) in [7, 11) is 1.54. The molecule has 9 heteroatoms. The molecule has 0 spiro atoms. The van der Waals surface area contributed by atoms with E-state index in [1.165, 1.54) is 0 Å². The van der Waals surface area contributed by atoms with Gasteiger partial charge in [-0.25, -0.2) is 4.39 Å². The molecule has 0 saturated carbocycles. The van der Waals surface area contributed by atoms with Crippen LogP contribution in [-0.2, 0) is 17.4 Å². The van der Waals surface area contributed by atoms with Crippen LogP contribution in [0.25, 0.3) is 11.3 Å². The first kappa shape index (κ1) is 19.4. The lowest BCUT2D eigenvalue weighted by Gasteiger charge is -2.10. The number of carbonyl (C=O) groups excluding carboxylic acids is 1. The van der Waals surface area contributed by atoms with E-state index in [0.717, 1.165) is 6.07 Å². The summed E-state index contributed by atoms with van der Waals surface area (Å²) in [5.74, 6) is -0.938. The molecule has 0 aliphatic rings. The molecule has 3 rings (SSSR count). The number of halogens is 4. The van der Waals surface area contributed by atoms with Gasteiger partial charge in [-0.05, 0) is 42.5 Å². The van der Waals surface area contributed by atoms with Gasteiger partial charge in [0.05, 0.1) is 24.8 Å². The summed E-state index contributed by atoms with van der Waals surface area (Å²) < 4.78 is 61.8. The van der Waals surface area contributed by atoms with E-state index in [-0.39, 0.29) is 12.1 Å². The zero-order chi connectivity index (χ0) is 20.3. The van der Waals surface area contributed by atoms with Crippen LogP contribution in [-0.4, -0.2) is 18.2 Å². The van der Waals surface area contributed by atoms with Crippen molar-refractivity contribution in [2.45, 2.75) is 12.6 Å². The number of rotatable bonds is 5. The minimum atomic E-state index is -4.86. The van der Waals surface area contributed by atoms with E-state index in [9.17, 15) is 22.4 Å². The molecule has 1 heterocycles. The summed E-state index contributed by atoms with van der Waals surface area (Å²) in [5, 5.41) is 6.07. The molecule has 1 amide bonds. The number of benzene rings is 2. The molecule has 0 unspecified atom stereocenters. The number of alkyl halides is 3. The Kier molecular flexibility index (Phi) is 5.34. The molecule has 0 saturated heterocycles. The highest BCUT2D eigenvalue weighted by molar-refractivity contribution is 5.92. The molecule has 0 atom stereocenters. The van der Waals surface area contributed by atoms with Gasteiger partial charge in [0.15, 0.2) is 5.76 Å². The Bertz CT molecular complexity index is 982. The Morgan fingerprint density at radius 3 is 2.50 bits per heavy atom. The maximum atomic E-state index is 13.3. The summed E-state index contributed by atoms with van der Waals surface area (Å²) >= 11 is 0. The van der Waals surface area contributed by atoms with Gasteiger partial charge < -0.3 is 14.6 Å². The molecule has 0 fully saturated rings. The van der Waals surface area contributed by atoms with Gasteiger partial charge in [0.1, 0.15) is 11.6 Å². The highest BCUT2D eigenvalue weighted by Gasteiger charge is 2.34. The molecule has 2 aromatic carbocycles. The number of methoxy groups -OCH3 is 1. The van der Waals surface area contributed by atoms with Crippen LogP contribution in [0, 0.1) is 5.82 Å². The van der Waals surface area contributed by atoms with Crippen molar-refractivity contribution in [3.63, 3.8) is 0 Å². The van der Waals surface area contributed by atoms with Gasteiger partial charge in [0.2, 0.25) is 5.91 Å². The first-order valence-corrected chi connectivity index (χ1v) is 8.03. The van der Waals surface area contributed by atoms with Crippen LogP contribution in [0.3, 0.4) is 0 Å². The standard InChI is InChI=1S/C19H14F4N2O3/c1-27-14-5-2-11(3-6-14)17-9-13(25-28-17)10-18(26)24-12-4-7-16(20)15(8-12)19(21,22)23/h2-9H,10H2,1H3,(H,24,26). The van der Waals surface area contributed by atoms with E-state index in [1.54, 1.807) is 37.4 Å². The Labute approximate surface area is 156 Å².